The zero-order valence-corrected chi connectivity index (χ0v) is 12.2. The molecular formula is C17H29NO. The normalized spacial score (nSPS) is 45.8. The number of piperidine rings is 1. The number of hydrogen-bond donors (Lipinski definition) is 0. The molecule has 0 spiro atoms. The van der Waals surface area contributed by atoms with Gasteiger partial charge in [0.25, 0.3) is 0 Å². The molecule has 4 aliphatic carbocycles. The van der Waals surface area contributed by atoms with Crippen LogP contribution >= 0.6 is 0 Å². The fraction of sp³-hybridized carbons (Fsp3) is 1.00. The summed E-state index contributed by atoms with van der Waals surface area (Å²) < 4.78 is 6.38. The molecule has 4 bridgehead atoms. The van der Waals surface area contributed by atoms with Crippen LogP contribution < -0.4 is 0 Å². The van der Waals surface area contributed by atoms with Gasteiger partial charge in [-0.3, -0.25) is 0 Å². The van der Waals surface area contributed by atoms with Crippen molar-refractivity contribution < 1.29 is 4.74 Å². The summed E-state index contributed by atoms with van der Waals surface area (Å²) >= 11 is 0. The van der Waals surface area contributed by atoms with Gasteiger partial charge in [-0.05, 0) is 81.7 Å². The highest BCUT2D eigenvalue weighted by Crippen LogP contribution is 2.54. The largest absolute Gasteiger partial charge is 0.376 e. The van der Waals surface area contributed by atoms with Crippen molar-refractivity contribution in [2.45, 2.75) is 57.5 Å². The first-order chi connectivity index (χ1) is 9.38. The molecule has 4 saturated carbocycles. The topological polar surface area (TPSA) is 12.5 Å². The van der Waals surface area contributed by atoms with E-state index in [2.05, 4.69) is 4.90 Å². The molecule has 5 aliphatic rings. The van der Waals surface area contributed by atoms with Crippen LogP contribution in [0.25, 0.3) is 0 Å². The molecular weight excluding hydrogens is 234 g/mol. The molecule has 5 rings (SSSR count). The summed E-state index contributed by atoms with van der Waals surface area (Å²) in [5.41, 5.74) is 0. The maximum absolute atomic E-state index is 6.38. The molecule has 0 unspecified atom stereocenters. The van der Waals surface area contributed by atoms with Crippen LogP contribution in [0.15, 0.2) is 0 Å². The smallest absolute Gasteiger partial charge is 0.0632 e. The number of hydrogen-bond acceptors (Lipinski definition) is 2. The summed E-state index contributed by atoms with van der Waals surface area (Å²) in [6, 6.07) is 0. The molecule has 19 heavy (non-hydrogen) atoms. The predicted molar refractivity (Wildman–Crippen MR) is 77.1 cm³/mol. The number of likely N-dealkylation sites (tertiary alicyclic amines) is 1. The summed E-state index contributed by atoms with van der Waals surface area (Å²) in [5, 5.41) is 0. The van der Waals surface area contributed by atoms with Crippen LogP contribution in [-0.2, 0) is 4.74 Å². The zero-order chi connectivity index (χ0) is 12.7. The third-order valence-corrected chi connectivity index (χ3v) is 6.31. The Labute approximate surface area is 117 Å². The number of rotatable bonds is 4. The lowest BCUT2D eigenvalue weighted by Crippen LogP contribution is -2.50. The zero-order valence-electron chi connectivity index (χ0n) is 12.2. The van der Waals surface area contributed by atoms with Gasteiger partial charge in [0.05, 0.1) is 12.7 Å². The average molecular weight is 263 g/mol. The third-order valence-electron chi connectivity index (χ3n) is 6.31. The van der Waals surface area contributed by atoms with E-state index >= 15 is 0 Å². The lowest BCUT2D eigenvalue weighted by molar-refractivity contribution is -0.128. The molecule has 0 aromatic heterocycles. The highest BCUT2D eigenvalue weighted by molar-refractivity contribution is 4.99. The van der Waals surface area contributed by atoms with Crippen LogP contribution in [0.1, 0.15) is 51.4 Å². The minimum atomic E-state index is 0.637. The SMILES string of the molecule is C1CCN(CCOC2C3CC4CC(C3)CC2C4)CC1. The van der Waals surface area contributed by atoms with Gasteiger partial charge >= 0.3 is 0 Å². The first-order valence-corrected chi connectivity index (χ1v) is 8.72. The van der Waals surface area contributed by atoms with Crippen LogP contribution in [0.2, 0.25) is 0 Å². The Morgan fingerprint density at radius 3 is 2.05 bits per heavy atom. The van der Waals surface area contributed by atoms with Gasteiger partial charge in [0, 0.05) is 6.54 Å². The van der Waals surface area contributed by atoms with Crippen LogP contribution in [0.5, 0.6) is 0 Å². The molecule has 0 radical (unpaired) electrons. The van der Waals surface area contributed by atoms with E-state index in [0.717, 1.165) is 30.3 Å². The van der Waals surface area contributed by atoms with Crippen molar-refractivity contribution in [1.82, 2.24) is 4.90 Å². The van der Waals surface area contributed by atoms with Crippen molar-refractivity contribution in [1.29, 1.82) is 0 Å². The Morgan fingerprint density at radius 2 is 1.42 bits per heavy atom. The minimum Gasteiger partial charge on any atom is -0.376 e. The first-order valence-electron chi connectivity index (χ1n) is 8.72. The van der Waals surface area contributed by atoms with Crippen LogP contribution in [0.3, 0.4) is 0 Å². The van der Waals surface area contributed by atoms with Crippen LogP contribution in [0.4, 0.5) is 0 Å². The summed E-state index contributed by atoms with van der Waals surface area (Å²) in [5.74, 6) is 4.00. The highest BCUT2D eigenvalue weighted by atomic mass is 16.5. The Balaban J connectivity index is 1.26. The Bertz CT molecular complexity index is 282. The van der Waals surface area contributed by atoms with Gasteiger partial charge < -0.3 is 9.64 Å². The van der Waals surface area contributed by atoms with E-state index in [0.29, 0.717) is 6.10 Å². The summed E-state index contributed by atoms with van der Waals surface area (Å²) in [6.45, 7) is 4.80. The van der Waals surface area contributed by atoms with Crippen LogP contribution in [0, 0.1) is 23.7 Å². The Kier molecular flexibility index (Phi) is 3.57. The summed E-state index contributed by atoms with van der Waals surface area (Å²) in [6.07, 6.45) is 12.4. The number of ether oxygens (including phenoxy) is 1. The molecule has 0 N–H and O–H groups in total. The van der Waals surface area contributed by atoms with Gasteiger partial charge in [-0.15, -0.1) is 0 Å². The molecule has 5 fully saturated rings. The molecule has 1 heterocycles. The van der Waals surface area contributed by atoms with Gasteiger partial charge in [-0.25, -0.2) is 0 Å². The van der Waals surface area contributed by atoms with E-state index in [1.807, 2.05) is 0 Å². The predicted octanol–water partition coefficient (Wildman–Crippen LogP) is 3.31. The van der Waals surface area contributed by atoms with E-state index in [1.54, 1.807) is 6.42 Å². The van der Waals surface area contributed by atoms with Gasteiger partial charge in [-0.1, -0.05) is 6.42 Å². The fourth-order valence-corrected chi connectivity index (χ4v) is 5.65. The molecule has 2 heteroatoms. The highest BCUT2D eigenvalue weighted by Gasteiger charge is 2.48. The van der Waals surface area contributed by atoms with Crippen molar-refractivity contribution in [2.75, 3.05) is 26.2 Å². The molecule has 108 valence electrons. The maximum atomic E-state index is 6.38. The molecule has 0 amide bonds. The quantitative estimate of drug-likeness (QED) is 0.771. The second-order valence-electron chi connectivity index (χ2n) is 7.67. The molecule has 0 aromatic rings. The van der Waals surface area contributed by atoms with Gasteiger partial charge in [-0.2, -0.15) is 0 Å². The van der Waals surface area contributed by atoms with E-state index in [1.165, 1.54) is 64.6 Å². The van der Waals surface area contributed by atoms with Crippen molar-refractivity contribution in [3.05, 3.63) is 0 Å². The molecule has 1 aliphatic heterocycles. The molecule has 0 aromatic carbocycles. The van der Waals surface area contributed by atoms with E-state index in [9.17, 15) is 0 Å². The van der Waals surface area contributed by atoms with Crippen molar-refractivity contribution in [2.24, 2.45) is 23.7 Å². The lowest BCUT2D eigenvalue weighted by atomic mass is 9.55. The molecule has 2 nitrogen and oxygen atoms in total. The Hall–Kier alpha value is -0.0800. The monoisotopic (exact) mass is 263 g/mol. The Morgan fingerprint density at radius 1 is 0.789 bits per heavy atom. The van der Waals surface area contributed by atoms with E-state index in [4.69, 9.17) is 4.74 Å². The maximum Gasteiger partial charge on any atom is 0.0632 e. The number of nitrogens with zero attached hydrogens (tertiary/aromatic N) is 1. The summed E-state index contributed by atoms with van der Waals surface area (Å²) in [7, 11) is 0. The van der Waals surface area contributed by atoms with Crippen molar-refractivity contribution in [3.8, 4) is 0 Å². The standard InChI is InChI=1S/C17H29NO/c1-2-4-18(5-3-1)6-7-19-17-15-9-13-8-14(11-15)12-16(17)10-13/h13-17H,1-12H2. The van der Waals surface area contributed by atoms with Gasteiger partial charge in [0.1, 0.15) is 0 Å². The first kappa shape index (κ1) is 12.6. The molecule has 0 atom stereocenters. The molecule has 1 saturated heterocycles. The third kappa shape index (κ3) is 2.58. The minimum absolute atomic E-state index is 0.637. The lowest BCUT2D eigenvalue weighted by Gasteiger charge is -2.54. The van der Waals surface area contributed by atoms with Crippen molar-refractivity contribution in [3.63, 3.8) is 0 Å². The fourth-order valence-electron chi connectivity index (χ4n) is 5.65. The van der Waals surface area contributed by atoms with E-state index in [-0.39, 0.29) is 0 Å². The van der Waals surface area contributed by atoms with E-state index < -0.39 is 0 Å². The summed E-state index contributed by atoms with van der Waals surface area (Å²) in [4.78, 5) is 2.61. The second kappa shape index (κ2) is 5.37. The average Bonchev–Trinajstić information content (AvgIpc) is 2.42. The second-order valence-corrected chi connectivity index (χ2v) is 7.67. The van der Waals surface area contributed by atoms with Gasteiger partial charge in [0.15, 0.2) is 0 Å². The van der Waals surface area contributed by atoms with Crippen molar-refractivity contribution >= 4 is 0 Å². The van der Waals surface area contributed by atoms with Gasteiger partial charge in [0.2, 0.25) is 0 Å². The van der Waals surface area contributed by atoms with Crippen LogP contribution in [-0.4, -0.2) is 37.2 Å².